The van der Waals surface area contributed by atoms with Gasteiger partial charge in [0.15, 0.2) is 17.1 Å². The number of fused-ring (bicyclic) bond motifs is 2. The average Bonchev–Trinajstić information content (AvgIpc) is 3.50. The summed E-state index contributed by atoms with van der Waals surface area (Å²) in [7, 11) is 1.50. The van der Waals surface area contributed by atoms with Crippen LogP contribution in [0.25, 0.3) is 17.2 Å². The first-order valence-electron chi connectivity index (χ1n) is 11.1. The standard InChI is InChI=1S/C22H22F2N8O4/c1-12-7-16(30-36-12)20-28-27-19-8-17(34-2)21(29-32(19)20)35-11-14-4-3-13-10-31(6-5-15(13)26-14)22(33)25-9-18(23)24/h3-4,7-8,18H,5-6,9-11H2,1-2H3,(H,25,33). The summed E-state index contributed by atoms with van der Waals surface area (Å²) >= 11 is 0. The predicted molar refractivity (Wildman–Crippen MR) is 120 cm³/mol. The molecule has 2 amide bonds. The van der Waals surface area contributed by atoms with Gasteiger partial charge in [-0.15, -0.1) is 15.3 Å². The van der Waals surface area contributed by atoms with Crippen LogP contribution in [0.2, 0.25) is 0 Å². The van der Waals surface area contributed by atoms with Crippen LogP contribution in [0.1, 0.15) is 22.7 Å². The molecule has 12 nitrogen and oxygen atoms in total. The molecule has 4 aromatic heterocycles. The van der Waals surface area contributed by atoms with Crippen LogP contribution in [0.5, 0.6) is 11.6 Å². The van der Waals surface area contributed by atoms with E-state index in [0.717, 1.165) is 11.3 Å². The molecule has 0 unspecified atom stereocenters. The van der Waals surface area contributed by atoms with Crippen LogP contribution in [0.3, 0.4) is 0 Å². The number of urea groups is 1. The van der Waals surface area contributed by atoms with E-state index in [1.165, 1.54) is 16.5 Å². The Balaban J connectivity index is 1.31. The minimum absolute atomic E-state index is 0.112. The van der Waals surface area contributed by atoms with Gasteiger partial charge >= 0.3 is 6.03 Å². The fourth-order valence-corrected chi connectivity index (χ4v) is 3.81. The van der Waals surface area contributed by atoms with E-state index >= 15 is 0 Å². The Hall–Kier alpha value is -4.36. The molecule has 0 fully saturated rings. The molecule has 188 valence electrons. The van der Waals surface area contributed by atoms with E-state index in [0.29, 0.717) is 53.9 Å². The van der Waals surface area contributed by atoms with Crippen molar-refractivity contribution in [1.29, 1.82) is 0 Å². The summed E-state index contributed by atoms with van der Waals surface area (Å²) in [5.74, 6) is 1.61. The van der Waals surface area contributed by atoms with E-state index < -0.39 is 19.0 Å². The molecule has 0 saturated carbocycles. The zero-order chi connectivity index (χ0) is 25.2. The molecule has 14 heteroatoms. The van der Waals surface area contributed by atoms with Crippen LogP contribution in [-0.2, 0) is 19.6 Å². The Morgan fingerprint density at radius 3 is 2.89 bits per heavy atom. The summed E-state index contributed by atoms with van der Waals surface area (Å²) in [6.07, 6.45) is -2.09. The van der Waals surface area contributed by atoms with Crippen molar-refractivity contribution in [2.45, 2.75) is 32.9 Å². The van der Waals surface area contributed by atoms with Crippen molar-refractivity contribution in [3.63, 3.8) is 0 Å². The fraction of sp³-hybridized carbons (Fsp3) is 0.364. The number of nitrogens with zero attached hydrogens (tertiary/aromatic N) is 7. The monoisotopic (exact) mass is 500 g/mol. The topological polar surface area (TPSA) is 133 Å². The van der Waals surface area contributed by atoms with Crippen molar-refractivity contribution in [3.8, 4) is 23.1 Å². The lowest BCUT2D eigenvalue weighted by molar-refractivity contribution is 0.138. The molecule has 0 bridgehead atoms. The number of halogens is 2. The molecule has 5 heterocycles. The average molecular weight is 500 g/mol. The number of ether oxygens (including phenoxy) is 2. The van der Waals surface area contributed by atoms with E-state index in [9.17, 15) is 13.6 Å². The number of aryl methyl sites for hydroxylation is 1. The lowest BCUT2D eigenvalue weighted by Gasteiger charge is -2.28. The third-order valence-corrected chi connectivity index (χ3v) is 5.56. The molecular weight excluding hydrogens is 478 g/mol. The highest BCUT2D eigenvalue weighted by molar-refractivity contribution is 5.74. The highest BCUT2D eigenvalue weighted by atomic mass is 19.3. The first-order valence-corrected chi connectivity index (χ1v) is 11.1. The SMILES string of the molecule is COc1cc2nnc(-c3cc(C)on3)n2nc1OCc1ccc2c(n1)CCN(C(=O)NCC(F)F)C2. The van der Waals surface area contributed by atoms with Crippen LogP contribution in [0.4, 0.5) is 13.6 Å². The van der Waals surface area contributed by atoms with E-state index in [4.69, 9.17) is 14.0 Å². The minimum Gasteiger partial charge on any atom is -0.491 e. The van der Waals surface area contributed by atoms with Crippen molar-refractivity contribution >= 4 is 11.7 Å². The number of alkyl halides is 2. The summed E-state index contributed by atoms with van der Waals surface area (Å²) in [6, 6.07) is 6.50. The van der Waals surface area contributed by atoms with E-state index in [-0.39, 0.29) is 12.5 Å². The first-order chi connectivity index (χ1) is 17.4. The molecule has 0 spiro atoms. The highest BCUT2D eigenvalue weighted by Gasteiger charge is 2.23. The maximum absolute atomic E-state index is 12.4. The normalized spacial score (nSPS) is 13.2. The highest BCUT2D eigenvalue weighted by Crippen LogP contribution is 2.28. The van der Waals surface area contributed by atoms with Crippen molar-refractivity contribution in [1.82, 2.24) is 40.2 Å². The van der Waals surface area contributed by atoms with Gasteiger partial charge in [0, 0.05) is 37.3 Å². The smallest absolute Gasteiger partial charge is 0.317 e. The second kappa shape index (κ2) is 9.71. The molecule has 0 aromatic carbocycles. The van der Waals surface area contributed by atoms with Crippen LogP contribution in [0.15, 0.2) is 28.8 Å². The van der Waals surface area contributed by atoms with Crippen LogP contribution >= 0.6 is 0 Å². The second-order valence-electron chi connectivity index (χ2n) is 8.08. The summed E-state index contributed by atoms with van der Waals surface area (Å²) in [6.45, 7) is 1.89. The number of hydrogen-bond acceptors (Lipinski definition) is 9. The quantitative estimate of drug-likeness (QED) is 0.406. The number of amides is 2. The number of carbonyl (C=O) groups excluding carboxylic acids is 1. The van der Waals surface area contributed by atoms with Gasteiger partial charge in [-0.2, -0.15) is 4.52 Å². The minimum atomic E-state index is -2.59. The molecule has 1 N–H and O–H groups in total. The molecule has 4 aromatic rings. The van der Waals surface area contributed by atoms with Gasteiger partial charge in [0.25, 0.3) is 12.3 Å². The van der Waals surface area contributed by atoms with Gasteiger partial charge in [0.05, 0.1) is 19.3 Å². The lowest BCUT2D eigenvalue weighted by atomic mass is 10.1. The number of pyridine rings is 1. The van der Waals surface area contributed by atoms with Crippen molar-refractivity contribution < 1.29 is 27.6 Å². The van der Waals surface area contributed by atoms with Gasteiger partial charge in [-0.3, -0.25) is 4.98 Å². The number of rotatable bonds is 7. The maximum Gasteiger partial charge on any atom is 0.317 e. The zero-order valence-corrected chi connectivity index (χ0v) is 19.4. The van der Waals surface area contributed by atoms with Crippen molar-refractivity contribution in [2.24, 2.45) is 0 Å². The zero-order valence-electron chi connectivity index (χ0n) is 19.4. The third kappa shape index (κ3) is 4.74. The lowest BCUT2D eigenvalue weighted by Crippen LogP contribution is -2.44. The molecule has 1 aliphatic rings. The van der Waals surface area contributed by atoms with Gasteiger partial charge in [0.1, 0.15) is 12.4 Å². The van der Waals surface area contributed by atoms with Gasteiger partial charge in [0.2, 0.25) is 5.82 Å². The summed E-state index contributed by atoms with van der Waals surface area (Å²) in [4.78, 5) is 18.2. The van der Waals surface area contributed by atoms with Gasteiger partial charge in [-0.1, -0.05) is 11.2 Å². The van der Waals surface area contributed by atoms with E-state index in [1.54, 1.807) is 25.1 Å². The molecule has 1 aliphatic heterocycles. The van der Waals surface area contributed by atoms with Gasteiger partial charge < -0.3 is 24.2 Å². The largest absolute Gasteiger partial charge is 0.491 e. The molecular formula is C22H22F2N8O4. The van der Waals surface area contributed by atoms with Crippen molar-refractivity contribution in [2.75, 3.05) is 20.2 Å². The summed E-state index contributed by atoms with van der Waals surface area (Å²) in [5, 5.41) is 18.9. The number of nitrogens with one attached hydrogen (secondary N) is 1. The molecule has 0 aliphatic carbocycles. The van der Waals surface area contributed by atoms with Crippen LogP contribution in [-0.4, -0.2) is 67.5 Å². The number of methoxy groups -OCH3 is 1. The van der Waals surface area contributed by atoms with Crippen LogP contribution < -0.4 is 14.8 Å². The molecule has 0 atom stereocenters. The summed E-state index contributed by atoms with van der Waals surface area (Å²) in [5.41, 5.74) is 3.27. The Labute approximate surface area is 203 Å². The van der Waals surface area contributed by atoms with Crippen molar-refractivity contribution in [3.05, 3.63) is 47.0 Å². The third-order valence-electron chi connectivity index (χ3n) is 5.56. The molecule has 36 heavy (non-hydrogen) atoms. The first kappa shape index (κ1) is 23.4. The maximum atomic E-state index is 12.4. The van der Waals surface area contributed by atoms with E-state index in [1.807, 2.05) is 6.07 Å². The predicted octanol–water partition coefficient (Wildman–Crippen LogP) is 2.40. The number of aromatic nitrogens is 6. The molecule has 0 radical (unpaired) electrons. The second-order valence-corrected chi connectivity index (χ2v) is 8.08. The van der Waals surface area contributed by atoms with E-state index in [2.05, 4.69) is 30.8 Å². The van der Waals surface area contributed by atoms with Gasteiger partial charge in [-0.05, 0) is 18.6 Å². The Bertz CT molecular complexity index is 1410. The summed E-state index contributed by atoms with van der Waals surface area (Å²) < 4.78 is 42.7. The molecule has 5 rings (SSSR count). The Kier molecular flexibility index (Phi) is 6.31. The van der Waals surface area contributed by atoms with Gasteiger partial charge in [-0.25, -0.2) is 13.6 Å². The number of hydrogen-bond donors (Lipinski definition) is 1. The Morgan fingerprint density at radius 2 is 2.14 bits per heavy atom. The Morgan fingerprint density at radius 1 is 1.28 bits per heavy atom. The van der Waals surface area contributed by atoms with Crippen LogP contribution in [0, 0.1) is 6.92 Å². The fourth-order valence-electron chi connectivity index (χ4n) is 3.81. The molecule has 0 saturated heterocycles. The number of carbonyl (C=O) groups is 1.